The lowest BCUT2D eigenvalue weighted by molar-refractivity contribution is 0.0267. The average Bonchev–Trinajstić information content (AvgIpc) is 2.83. The zero-order chi connectivity index (χ0) is 12.1. The summed E-state index contributed by atoms with van der Waals surface area (Å²) in [6, 6.07) is 7.11. The van der Waals surface area contributed by atoms with E-state index in [4.69, 9.17) is 14.2 Å². The highest BCUT2D eigenvalue weighted by Crippen LogP contribution is 2.20. The molecule has 1 aromatic rings. The Morgan fingerprint density at radius 2 is 2.29 bits per heavy atom. The molecule has 1 saturated heterocycles. The molecule has 4 heteroatoms. The standard InChI is InChI=1S/C13H16O4/c1-2-16-12-6-4-3-5-11(12)13(14)17-10-7-8-15-9-10/h3-6,10H,2,7-9H2,1H3/t10-/m0/s1. The molecule has 0 amide bonds. The first-order valence-corrected chi connectivity index (χ1v) is 5.82. The van der Waals surface area contributed by atoms with Gasteiger partial charge in [-0.05, 0) is 19.1 Å². The van der Waals surface area contributed by atoms with Crippen LogP contribution in [0.3, 0.4) is 0 Å². The molecule has 17 heavy (non-hydrogen) atoms. The predicted octanol–water partition coefficient (Wildman–Crippen LogP) is 2.03. The summed E-state index contributed by atoms with van der Waals surface area (Å²) < 4.78 is 15.9. The van der Waals surface area contributed by atoms with E-state index >= 15 is 0 Å². The van der Waals surface area contributed by atoms with E-state index in [0.29, 0.717) is 31.1 Å². The Labute approximate surface area is 100 Å². The van der Waals surface area contributed by atoms with E-state index in [2.05, 4.69) is 0 Å². The van der Waals surface area contributed by atoms with Crippen LogP contribution in [-0.2, 0) is 9.47 Å². The molecule has 0 radical (unpaired) electrons. The number of esters is 1. The third-order valence-electron chi connectivity index (χ3n) is 2.57. The molecule has 1 fully saturated rings. The van der Waals surface area contributed by atoms with Crippen LogP contribution in [-0.4, -0.2) is 31.9 Å². The molecular formula is C13H16O4. The molecule has 1 aromatic carbocycles. The normalized spacial score (nSPS) is 19.0. The fourth-order valence-corrected chi connectivity index (χ4v) is 1.74. The first-order valence-electron chi connectivity index (χ1n) is 5.82. The minimum absolute atomic E-state index is 0.128. The van der Waals surface area contributed by atoms with Gasteiger partial charge in [0.2, 0.25) is 0 Å². The molecule has 0 aliphatic carbocycles. The summed E-state index contributed by atoms with van der Waals surface area (Å²) in [4.78, 5) is 11.9. The third kappa shape index (κ3) is 2.97. The lowest BCUT2D eigenvalue weighted by atomic mass is 10.2. The second-order valence-corrected chi connectivity index (χ2v) is 3.82. The van der Waals surface area contributed by atoms with E-state index in [0.717, 1.165) is 6.42 Å². The van der Waals surface area contributed by atoms with Crippen LogP contribution in [0.4, 0.5) is 0 Å². The number of carbonyl (C=O) groups excluding carboxylic acids is 1. The van der Waals surface area contributed by atoms with Crippen LogP contribution in [0.1, 0.15) is 23.7 Å². The highest BCUT2D eigenvalue weighted by atomic mass is 16.6. The van der Waals surface area contributed by atoms with Gasteiger partial charge in [-0.15, -0.1) is 0 Å². The van der Waals surface area contributed by atoms with Gasteiger partial charge in [-0.2, -0.15) is 0 Å². The van der Waals surface area contributed by atoms with Gasteiger partial charge in [0.15, 0.2) is 0 Å². The molecule has 0 spiro atoms. The van der Waals surface area contributed by atoms with Gasteiger partial charge in [-0.25, -0.2) is 4.79 Å². The molecule has 0 aromatic heterocycles. The van der Waals surface area contributed by atoms with Crippen LogP contribution >= 0.6 is 0 Å². The molecule has 1 aliphatic rings. The maximum atomic E-state index is 11.9. The Kier molecular flexibility index (Phi) is 3.98. The van der Waals surface area contributed by atoms with Crippen molar-refractivity contribution in [2.75, 3.05) is 19.8 Å². The van der Waals surface area contributed by atoms with Crippen LogP contribution in [0.25, 0.3) is 0 Å². The van der Waals surface area contributed by atoms with Crippen LogP contribution < -0.4 is 4.74 Å². The molecule has 0 bridgehead atoms. The molecular weight excluding hydrogens is 220 g/mol. The first kappa shape index (κ1) is 11.9. The second kappa shape index (κ2) is 5.68. The summed E-state index contributed by atoms with van der Waals surface area (Å²) >= 11 is 0. The lowest BCUT2D eigenvalue weighted by Gasteiger charge is -2.12. The molecule has 4 nitrogen and oxygen atoms in total. The van der Waals surface area contributed by atoms with E-state index in [1.54, 1.807) is 18.2 Å². The van der Waals surface area contributed by atoms with Gasteiger partial charge in [-0.3, -0.25) is 0 Å². The van der Waals surface area contributed by atoms with Crippen molar-refractivity contribution in [3.05, 3.63) is 29.8 Å². The van der Waals surface area contributed by atoms with Crippen molar-refractivity contribution in [1.82, 2.24) is 0 Å². The number of carbonyl (C=O) groups is 1. The summed E-state index contributed by atoms with van der Waals surface area (Å²) in [6.45, 7) is 3.55. The molecule has 0 saturated carbocycles. The Hall–Kier alpha value is -1.55. The molecule has 0 unspecified atom stereocenters. The van der Waals surface area contributed by atoms with Crippen molar-refractivity contribution in [3.63, 3.8) is 0 Å². The van der Waals surface area contributed by atoms with Crippen molar-refractivity contribution in [2.24, 2.45) is 0 Å². The van der Waals surface area contributed by atoms with Gasteiger partial charge < -0.3 is 14.2 Å². The van der Waals surface area contributed by atoms with Crippen molar-refractivity contribution in [3.8, 4) is 5.75 Å². The summed E-state index contributed by atoms with van der Waals surface area (Å²) in [5, 5.41) is 0. The first-order chi connectivity index (χ1) is 8.31. The smallest absolute Gasteiger partial charge is 0.342 e. The van der Waals surface area contributed by atoms with Gasteiger partial charge in [0.1, 0.15) is 17.4 Å². The predicted molar refractivity (Wildman–Crippen MR) is 62.3 cm³/mol. The molecule has 1 atom stereocenters. The molecule has 1 aliphatic heterocycles. The fourth-order valence-electron chi connectivity index (χ4n) is 1.74. The summed E-state index contributed by atoms with van der Waals surface area (Å²) in [6.07, 6.45) is 0.639. The van der Waals surface area contributed by atoms with Crippen molar-refractivity contribution >= 4 is 5.97 Å². The van der Waals surface area contributed by atoms with Crippen LogP contribution in [0.5, 0.6) is 5.75 Å². The summed E-state index contributed by atoms with van der Waals surface area (Å²) in [7, 11) is 0. The third-order valence-corrected chi connectivity index (χ3v) is 2.57. The average molecular weight is 236 g/mol. The monoisotopic (exact) mass is 236 g/mol. The highest BCUT2D eigenvalue weighted by Gasteiger charge is 2.22. The van der Waals surface area contributed by atoms with Gasteiger partial charge in [0.05, 0.1) is 19.8 Å². The largest absolute Gasteiger partial charge is 0.493 e. The van der Waals surface area contributed by atoms with E-state index < -0.39 is 0 Å². The topological polar surface area (TPSA) is 44.8 Å². The Bertz CT molecular complexity index is 383. The van der Waals surface area contributed by atoms with Crippen molar-refractivity contribution < 1.29 is 19.0 Å². The Morgan fingerprint density at radius 1 is 1.47 bits per heavy atom. The van der Waals surface area contributed by atoms with Crippen molar-refractivity contribution in [2.45, 2.75) is 19.4 Å². The molecule has 1 heterocycles. The molecule has 0 N–H and O–H groups in total. The number of para-hydroxylation sites is 1. The van der Waals surface area contributed by atoms with E-state index in [-0.39, 0.29) is 12.1 Å². The zero-order valence-electron chi connectivity index (χ0n) is 9.85. The maximum absolute atomic E-state index is 11.9. The molecule has 92 valence electrons. The quantitative estimate of drug-likeness (QED) is 0.750. The summed E-state index contributed by atoms with van der Waals surface area (Å²) in [5.41, 5.74) is 0.473. The number of rotatable bonds is 4. The lowest BCUT2D eigenvalue weighted by Crippen LogP contribution is -2.18. The number of hydrogen-bond donors (Lipinski definition) is 0. The number of benzene rings is 1. The van der Waals surface area contributed by atoms with E-state index in [1.807, 2.05) is 13.0 Å². The maximum Gasteiger partial charge on any atom is 0.342 e. The van der Waals surface area contributed by atoms with E-state index in [1.165, 1.54) is 0 Å². The molecule has 2 rings (SSSR count). The van der Waals surface area contributed by atoms with Crippen LogP contribution in [0.15, 0.2) is 24.3 Å². The van der Waals surface area contributed by atoms with Crippen LogP contribution in [0.2, 0.25) is 0 Å². The summed E-state index contributed by atoms with van der Waals surface area (Å²) in [5.74, 6) is 0.225. The minimum atomic E-state index is -0.343. The fraction of sp³-hybridized carbons (Fsp3) is 0.462. The van der Waals surface area contributed by atoms with Gasteiger partial charge in [0, 0.05) is 6.42 Å². The van der Waals surface area contributed by atoms with Crippen LogP contribution in [0, 0.1) is 0 Å². The van der Waals surface area contributed by atoms with Gasteiger partial charge in [0.25, 0.3) is 0 Å². The number of ether oxygens (including phenoxy) is 3. The highest BCUT2D eigenvalue weighted by molar-refractivity contribution is 5.92. The zero-order valence-corrected chi connectivity index (χ0v) is 9.85. The minimum Gasteiger partial charge on any atom is -0.493 e. The Balaban J connectivity index is 2.06. The SMILES string of the molecule is CCOc1ccccc1C(=O)O[C@H]1CCOC1. The van der Waals surface area contributed by atoms with E-state index in [9.17, 15) is 4.79 Å². The second-order valence-electron chi connectivity index (χ2n) is 3.82. The Morgan fingerprint density at radius 3 is 3.00 bits per heavy atom. The van der Waals surface area contributed by atoms with Gasteiger partial charge >= 0.3 is 5.97 Å². The van der Waals surface area contributed by atoms with Gasteiger partial charge in [-0.1, -0.05) is 12.1 Å². The van der Waals surface area contributed by atoms with Crippen molar-refractivity contribution in [1.29, 1.82) is 0 Å². The number of hydrogen-bond acceptors (Lipinski definition) is 4.